The van der Waals surface area contributed by atoms with Crippen LogP contribution in [0.4, 0.5) is 5.69 Å². The average molecular weight is 418 g/mol. The molecule has 0 saturated heterocycles. The van der Waals surface area contributed by atoms with E-state index >= 15 is 0 Å². The zero-order chi connectivity index (χ0) is 21.3. The molecule has 30 heavy (non-hydrogen) atoms. The van der Waals surface area contributed by atoms with Crippen LogP contribution in [-0.2, 0) is 4.79 Å². The van der Waals surface area contributed by atoms with Crippen LogP contribution >= 0.6 is 11.8 Å². The number of nitrogens with two attached hydrogens (primary N) is 1. The molecule has 2 aliphatic rings. The summed E-state index contributed by atoms with van der Waals surface area (Å²) in [4.78, 5) is 16.1. The quantitative estimate of drug-likeness (QED) is 0.725. The van der Waals surface area contributed by atoms with Crippen molar-refractivity contribution in [3.63, 3.8) is 0 Å². The number of methoxy groups -OCH3 is 1. The number of thioether (sulfide) groups is 1. The Kier molecular flexibility index (Phi) is 5.56. The molecule has 2 aromatic carbocycles. The lowest BCUT2D eigenvalue weighted by atomic mass is 9.75. The molecular weight excluding hydrogens is 394 g/mol. The monoisotopic (exact) mass is 417 g/mol. The number of Topliss-reactive ketones (excluding diaryl/α,β-unsaturated/α-hetero) is 1. The molecule has 152 valence electrons. The Morgan fingerprint density at radius 3 is 2.43 bits per heavy atom. The van der Waals surface area contributed by atoms with Gasteiger partial charge in [0.25, 0.3) is 0 Å². The van der Waals surface area contributed by atoms with Gasteiger partial charge in [0.05, 0.1) is 24.7 Å². The van der Waals surface area contributed by atoms with Crippen LogP contribution in [0.15, 0.2) is 76.1 Å². The third-order valence-corrected chi connectivity index (χ3v) is 6.44. The highest BCUT2D eigenvalue weighted by atomic mass is 32.2. The summed E-state index contributed by atoms with van der Waals surface area (Å²) in [5.74, 6) is 0.784. The summed E-state index contributed by atoms with van der Waals surface area (Å²) < 4.78 is 5.26. The van der Waals surface area contributed by atoms with Gasteiger partial charge >= 0.3 is 0 Å². The summed E-state index contributed by atoms with van der Waals surface area (Å²) in [6, 6.07) is 17.9. The number of nitrogens with zero attached hydrogens (tertiary/aromatic N) is 2. The van der Waals surface area contributed by atoms with Gasteiger partial charge in [-0.2, -0.15) is 5.26 Å². The molecule has 6 heteroatoms. The molecule has 1 aliphatic carbocycles. The maximum absolute atomic E-state index is 13.1. The number of carbonyl (C=O) groups excluding carboxylic acids is 1. The second kappa shape index (κ2) is 8.29. The summed E-state index contributed by atoms with van der Waals surface area (Å²) >= 11 is 1.66. The van der Waals surface area contributed by atoms with Crippen LogP contribution in [0.25, 0.3) is 0 Å². The van der Waals surface area contributed by atoms with Gasteiger partial charge in [-0.05, 0) is 61.1 Å². The SMILES string of the molecule is COc1ccc(N2C(N)=C(C#N)C(c3ccc(SC)cc3)C3=C2CCCC3=O)cc1. The first-order chi connectivity index (χ1) is 14.6. The second-order valence-electron chi connectivity index (χ2n) is 7.29. The number of benzene rings is 2. The number of hydrogen-bond donors (Lipinski definition) is 1. The zero-order valence-electron chi connectivity index (χ0n) is 17.0. The molecule has 0 amide bonds. The lowest BCUT2D eigenvalue weighted by Gasteiger charge is -2.39. The highest BCUT2D eigenvalue weighted by molar-refractivity contribution is 7.98. The Labute approximate surface area is 180 Å². The molecule has 0 aromatic heterocycles. The minimum atomic E-state index is -0.428. The van der Waals surface area contributed by atoms with Gasteiger partial charge in [0.2, 0.25) is 0 Å². The molecule has 0 fully saturated rings. The molecule has 4 rings (SSSR count). The van der Waals surface area contributed by atoms with Crippen LogP contribution in [0.3, 0.4) is 0 Å². The van der Waals surface area contributed by atoms with Crippen molar-refractivity contribution in [2.75, 3.05) is 18.3 Å². The molecule has 5 nitrogen and oxygen atoms in total. The van der Waals surface area contributed by atoms with E-state index in [1.807, 2.05) is 59.7 Å². The van der Waals surface area contributed by atoms with E-state index in [1.54, 1.807) is 18.9 Å². The molecular formula is C24H23N3O2S. The van der Waals surface area contributed by atoms with E-state index in [-0.39, 0.29) is 5.78 Å². The Morgan fingerprint density at radius 2 is 1.83 bits per heavy atom. The molecule has 1 aliphatic heterocycles. The van der Waals surface area contributed by atoms with E-state index in [0.717, 1.165) is 40.4 Å². The Hall–Kier alpha value is -3.17. The summed E-state index contributed by atoms with van der Waals surface area (Å²) in [5, 5.41) is 10.0. The van der Waals surface area contributed by atoms with Gasteiger partial charge in [0.15, 0.2) is 5.78 Å². The molecule has 2 N–H and O–H groups in total. The van der Waals surface area contributed by atoms with Crippen molar-refractivity contribution in [2.45, 2.75) is 30.1 Å². The van der Waals surface area contributed by atoms with Crippen LogP contribution in [0, 0.1) is 11.3 Å². The number of allylic oxidation sites excluding steroid dienone is 3. The molecule has 0 spiro atoms. The lowest BCUT2D eigenvalue weighted by Crippen LogP contribution is -2.38. The van der Waals surface area contributed by atoms with Crippen molar-refractivity contribution in [1.29, 1.82) is 5.26 Å². The first-order valence-electron chi connectivity index (χ1n) is 9.83. The Morgan fingerprint density at radius 1 is 1.13 bits per heavy atom. The minimum absolute atomic E-state index is 0.0916. The normalized spacial score (nSPS) is 18.9. The summed E-state index contributed by atoms with van der Waals surface area (Å²) in [5.41, 5.74) is 10.3. The fourth-order valence-electron chi connectivity index (χ4n) is 4.24. The van der Waals surface area contributed by atoms with Gasteiger partial charge in [-0.15, -0.1) is 11.8 Å². The Balaban J connectivity index is 1.90. The number of carbonyl (C=O) groups is 1. The van der Waals surface area contributed by atoms with Gasteiger partial charge in [-0.25, -0.2) is 0 Å². The van der Waals surface area contributed by atoms with Crippen molar-refractivity contribution >= 4 is 23.2 Å². The number of rotatable bonds is 4. The van der Waals surface area contributed by atoms with Gasteiger partial charge < -0.3 is 10.5 Å². The average Bonchev–Trinajstić information content (AvgIpc) is 2.79. The predicted molar refractivity (Wildman–Crippen MR) is 119 cm³/mol. The van der Waals surface area contributed by atoms with Gasteiger partial charge in [-0.3, -0.25) is 9.69 Å². The van der Waals surface area contributed by atoms with Crippen LogP contribution < -0.4 is 15.4 Å². The third kappa shape index (κ3) is 3.35. The number of hydrogen-bond acceptors (Lipinski definition) is 6. The van der Waals surface area contributed by atoms with Gasteiger partial charge in [0, 0.05) is 28.3 Å². The van der Waals surface area contributed by atoms with Crippen LogP contribution in [0.1, 0.15) is 30.7 Å². The molecule has 1 atom stereocenters. The standard InChI is InChI=1S/C24H23N3O2S/c1-29-17-10-8-16(9-11-17)27-20-4-3-5-21(28)23(20)22(19(14-25)24(27)26)15-6-12-18(30-2)13-7-15/h6-13,22H,3-5,26H2,1-2H3. The number of nitriles is 1. The van der Waals surface area contributed by atoms with Crippen molar-refractivity contribution < 1.29 is 9.53 Å². The summed E-state index contributed by atoms with van der Waals surface area (Å²) in [6.07, 6.45) is 4.03. The summed E-state index contributed by atoms with van der Waals surface area (Å²) in [7, 11) is 1.62. The zero-order valence-corrected chi connectivity index (χ0v) is 17.8. The topological polar surface area (TPSA) is 79.3 Å². The van der Waals surface area contributed by atoms with Crippen LogP contribution in [0.2, 0.25) is 0 Å². The van der Waals surface area contributed by atoms with E-state index in [0.29, 0.717) is 23.4 Å². The van der Waals surface area contributed by atoms with Crippen LogP contribution in [0.5, 0.6) is 5.75 Å². The van der Waals surface area contributed by atoms with Crippen molar-refractivity contribution in [1.82, 2.24) is 0 Å². The van der Waals surface area contributed by atoms with Crippen LogP contribution in [-0.4, -0.2) is 19.1 Å². The second-order valence-corrected chi connectivity index (χ2v) is 8.17. The largest absolute Gasteiger partial charge is 0.497 e. The molecule has 0 saturated carbocycles. The third-order valence-electron chi connectivity index (χ3n) is 5.69. The van der Waals surface area contributed by atoms with E-state index in [9.17, 15) is 10.1 Å². The summed E-state index contributed by atoms with van der Waals surface area (Å²) in [6.45, 7) is 0. The first kappa shape index (κ1) is 20.1. The van der Waals surface area contributed by atoms with Crippen molar-refractivity contribution in [3.05, 3.63) is 76.8 Å². The van der Waals surface area contributed by atoms with E-state index in [1.165, 1.54) is 0 Å². The first-order valence-corrected chi connectivity index (χ1v) is 11.1. The van der Waals surface area contributed by atoms with Gasteiger partial charge in [-0.1, -0.05) is 12.1 Å². The van der Waals surface area contributed by atoms with E-state index in [4.69, 9.17) is 10.5 Å². The number of anilines is 1. The maximum atomic E-state index is 13.1. The fraction of sp³-hybridized carbons (Fsp3) is 0.250. The molecule has 0 radical (unpaired) electrons. The predicted octanol–water partition coefficient (Wildman–Crippen LogP) is 4.72. The van der Waals surface area contributed by atoms with Crippen molar-refractivity contribution in [3.8, 4) is 11.8 Å². The highest BCUT2D eigenvalue weighted by Gasteiger charge is 2.40. The Bertz CT molecular complexity index is 1080. The lowest BCUT2D eigenvalue weighted by molar-refractivity contribution is -0.116. The molecule has 1 heterocycles. The maximum Gasteiger partial charge on any atom is 0.161 e. The molecule has 0 bridgehead atoms. The fourth-order valence-corrected chi connectivity index (χ4v) is 4.65. The number of ether oxygens (including phenoxy) is 1. The smallest absolute Gasteiger partial charge is 0.161 e. The minimum Gasteiger partial charge on any atom is -0.497 e. The molecule has 2 aromatic rings. The van der Waals surface area contributed by atoms with Crippen molar-refractivity contribution in [2.24, 2.45) is 5.73 Å². The van der Waals surface area contributed by atoms with E-state index in [2.05, 4.69) is 6.07 Å². The highest BCUT2D eigenvalue weighted by Crippen LogP contribution is 2.46. The van der Waals surface area contributed by atoms with E-state index < -0.39 is 5.92 Å². The molecule has 1 unspecified atom stereocenters. The van der Waals surface area contributed by atoms with Gasteiger partial charge in [0.1, 0.15) is 11.6 Å². The number of ketones is 1.